The SMILES string of the molecule is O=C(NCCc1cccs1)NCC1(c2ccc(Cl)cc2)CC1. The Kier molecular flexibility index (Phi) is 4.69. The predicted octanol–water partition coefficient (Wildman–Crippen LogP) is 3.98. The molecule has 1 fully saturated rings. The third-order valence-electron chi connectivity index (χ3n) is 4.13. The van der Waals surface area contributed by atoms with Crippen LogP contribution in [0.3, 0.4) is 0 Å². The average Bonchev–Trinajstić information content (AvgIpc) is 3.13. The van der Waals surface area contributed by atoms with E-state index >= 15 is 0 Å². The molecule has 1 saturated carbocycles. The van der Waals surface area contributed by atoms with Gasteiger partial charge in [-0.2, -0.15) is 0 Å². The quantitative estimate of drug-likeness (QED) is 0.824. The van der Waals surface area contributed by atoms with Crippen LogP contribution < -0.4 is 10.6 Å². The van der Waals surface area contributed by atoms with Crippen molar-refractivity contribution in [3.8, 4) is 0 Å². The number of thiophene rings is 1. The van der Waals surface area contributed by atoms with Crippen LogP contribution >= 0.6 is 22.9 Å². The van der Waals surface area contributed by atoms with E-state index < -0.39 is 0 Å². The molecule has 1 heterocycles. The number of hydrogen-bond donors (Lipinski definition) is 2. The summed E-state index contributed by atoms with van der Waals surface area (Å²) in [4.78, 5) is 13.2. The third-order valence-corrected chi connectivity index (χ3v) is 5.32. The van der Waals surface area contributed by atoms with Gasteiger partial charge in [0.05, 0.1) is 0 Å². The van der Waals surface area contributed by atoms with E-state index in [9.17, 15) is 4.79 Å². The minimum atomic E-state index is -0.0863. The summed E-state index contributed by atoms with van der Waals surface area (Å²) in [5.41, 5.74) is 1.37. The molecule has 1 aliphatic rings. The highest BCUT2D eigenvalue weighted by Crippen LogP contribution is 2.47. The Morgan fingerprint density at radius 2 is 1.95 bits per heavy atom. The van der Waals surface area contributed by atoms with E-state index in [-0.39, 0.29) is 11.4 Å². The van der Waals surface area contributed by atoms with Crippen LogP contribution in [-0.4, -0.2) is 19.1 Å². The van der Waals surface area contributed by atoms with Crippen molar-refractivity contribution in [2.45, 2.75) is 24.7 Å². The predicted molar refractivity (Wildman–Crippen MR) is 91.8 cm³/mol. The molecule has 5 heteroatoms. The molecule has 0 bridgehead atoms. The van der Waals surface area contributed by atoms with Crippen molar-refractivity contribution in [3.63, 3.8) is 0 Å². The van der Waals surface area contributed by atoms with E-state index in [4.69, 9.17) is 11.6 Å². The van der Waals surface area contributed by atoms with E-state index in [0.717, 1.165) is 24.3 Å². The molecule has 1 aliphatic carbocycles. The molecule has 0 saturated heterocycles. The Morgan fingerprint density at radius 3 is 2.59 bits per heavy atom. The van der Waals surface area contributed by atoms with Gasteiger partial charge in [0.2, 0.25) is 0 Å². The Balaban J connectivity index is 1.43. The molecule has 116 valence electrons. The van der Waals surface area contributed by atoms with E-state index in [0.29, 0.717) is 13.1 Å². The molecule has 3 nitrogen and oxygen atoms in total. The Morgan fingerprint density at radius 1 is 1.18 bits per heavy atom. The maximum Gasteiger partial charge on any atom is 0.314 e. The minimum absolute atomic E-state index is 0.0863. The lowest BCUT2D eigenvalue weighted by Crippen LogP contribution is -2.40. The van der Waals surface area contributed by atoms with Gasteiger partial charge in [-0.1, -0.05) is 29.8 Å². The fourth-order valence-electron chi connectivity index (χ4n) is 2.59. The van der Waals surface area contributed by atoms with Crippen molar-refractivity contribution < 1.29 is 4.79 Å². The minimum Gasteiger partial charge on any atom is -0.338 e. The highest BCUT2D eigenvalue weighted by atomic mass is 35.5. The summed E-state index contributed by atoms with van der Waals surface area (Å²) in [7, 11) is 0. The first-order valence-electron chi connectivity index (χ1n) is 7.48. The summed E-state index contributed by atoms with van der Waals surface area (Å²) in [6.45, 7) is 1.35. The third kappa shape index (κ3) is 3.81. The van der Waals surface area contributed by atoms with Crippen LogP contribution in [0.1, 0.15) is 23.3 Å². The molecule has 3 rings (SSSR count). The molecule has 0 unspecified atom stereocenters. The summed E-state index contributed by atoms with van der Waals surface area (Å²) in [5.74, 6) is 0. The molecule has 2 amide bonds. The standard InChI is InChI=1S/C17H19ClN2OS/c18-14-5-3-13(4-6-14)17(8-9-17)12-20-16(21)19-10-7-15-2-1-11-22-15/h1-6,11H,7-10,12H2,(H2,19,20,21). The fraction of sp³-hybridized carbons (Fsp3) is 0.353. The molecular formula is C17H19ClN2OS. The normalized spacial score (nSPS) is 15.3. The summed E-state index contributed by atoms with van der Waals surface area (Å²) in [6.07, 6.45) is 3.11. The lowest BCUT2D eigenvalue weighted by atomic mass is 9.96. The van der Waals surface area contributed by atoms with Crippen molar-refractivity contribution in [2.75, 3.05) is 13.1 Å². The molecule has 2 N–H and O–H groups in total. The Labute approximate surface area is 139 Å². The van der Waals surface area contributed by atoms with Gasteiger partial charge in [-0.05, 0) is 48.4 Å². The van der Waals surface area contributed by atoms with Crippen LogP contribution in [0, 0.1) is 0 Å². The van der Waals surface area contributed by atoms with E-state index in [1.165, 1.54) is 10.4 Å². The maximum absolute atomic E-state index is 11.9. The summed E-state index contributed by atoms with van der Waals surface area (Å²) >= 11 is 7.65. The van der Waals surface area contributed by atoms with Crippen LogP contribution in [0.4, 0.5) is 4.79 Å². The van der Waals surface area contributed by atoms with Gasteiger partial charge in [-0.25, -0.2) is 4.79 Å². The number of benzene rings is 1. The largest absolute Gasteiger partial charge is 0.338 e. The molecule has 1 aromatic heterocycles. The van der Waals surface area contributed by atoms with Gasteiger partial charge in [0.1, 0.15) is 0 Å². The number of carbonyl (C=O) groups excluding carboxylic acids is 1. The van der Waals surface area contributed by atoms with Gasteiger partial charge >= 0.3 is 6.03 Å². The molecule has 0 spiro atoms. The summed E-state index contributed by atoms with van der Waals surface area (Å²) in [5, 5.41) is 8.72. The lowest BCUT2D eigenvalue weighted by Gasteiger charge is -2.17. The number of rotatable bonds is 6. The lowest BCUT2D eigenvalue weighted by molar-refractivity contribution is 0.240. The Bertz CT molecular complexity index is 621. The van der Waals surface area contributed by atoms with Crippen molar-refractivity contribution in [1.82, 2.24) is 10.6 Å². The van der Waals surface area contributed by atoms with Crippen molar-refractivity contribution in [1.29, 1.82) is 0 Å². The van der Waals surface area contributed by atoms with Crippen LogP contribution in [0.2, 0.25) is 5.02 Å². The average molecular weight is 335 g/mol. The topological polar surface area (TPSA) is 41.1 Å². The number of amides is 2. The number of urea groups is 1. The van der Waals surface area contributed by atoms with Crippen molar-refractivity contribution in [2.24, 2.45) is 0 Å². The first kappa shape index (κ1) is 15.4. The van der Waals surface area contributed by atoms with Gasteiger partial charge in [-0.3, -0.25) is 0 Å². The van der Waals surface area contributed by atoms with Crippen LogP contribution in [-0.2, 0) is 11.8 Å². The molecule has 2 aromatic rings. The number of nitrogens with one attached hydrogen (secondary N) is 2. The summed E-state index contributed by atoms with van der Waals surface area (Å²) in [6, 6.07) is 12.0. The summed E-state index contributed by atoms with van der Waals surface area (Å²) < 4.78 is 0. The first-order valence-corrected chi connectivity index (χ1v) is 8.74. The highest BCUT2D eigenvalue weighted by Gasteiger charge is 2.44. The van der Waals surface area contributed by atoms with Crippen LogP contribution in [0.5, 0.6) is 0 Å². The van der Waals surface area contributed by atoms with Gasteiger partial charge in [0, 0.05) is 28.4 Å². The van der Waals surface area contributed by atoms with E-state index in [1.54, 1.807) is 11.3 Å². The smallest absolute Gasteiger partial charge is 0.314 e. The van der Waals surface area contributed by atoms with E-state index in [1.807, 2.05) is 18.2 Å². The molecule has 0 aliphatic heterocycles. The molecular weight excluding hydrogens is 316 g/mol. The van der Waals surface area contributed by atoms with Crippen LogP contribution in [0.25, 0.3) is 0 Å². The second-order valence-corrected chi connectivity index (χ2v) is 7.19. The second-order valence-electron chi connectivity index (χ2n) is 5.73. The van der Waals surface area contributed by atoms with Gasteiger partial charge < -0.3 is 10.6 Å². The number of halogens is 1. The zero-order valence-corrected chi connectivity index (χ0v) is 13.8. The van der Waals surface area contributed by atoms with Gasteiger partial charge in [0.25, 0.3) is 0 Å². The molecule has 0 atom stereocenters. The highest BCUT2D eigenvalue weighted by molar-refractivity contribution is 7.09. The van der Waals surface area contributed by atoms with Gasteiger partial charge in [-0.15, -0.1) is 11.3 Å². The first-order chi connectivity index (χ1) is 10.7. The maximum atomic E-state index is 11.9. The zero-order chi connectivity index (χ0) is 15.4. The molecule has 22 heavy (non-hydrogen) atoms. The van der Waals surface area contributed by atoms with Crippen LogP contribution in [0.15, 0.2) is 41.8 Å². The molecule has 1 aromatic carbocycles. The van der Waals surface area contributed by atoms with E-state index in [2.05, 4.69) is 34.2 Å². The number of hydrogen-bond acceptors (Lipinski definition) is 2. The van der Waals surface area contributed by atoms with Crippen molar-refractivity contribution >= 4 is 29.0 Å². The second kappa shape index (κ2) is 6.71. The van der Waals surface area contributed by atoms with Crippen molar-refractivity contribution in [3.05, 3.63) is 57.2 Å². The molecule has 0 radical (unpaired) electrons. The monoisotopic (exact) mass is 334 g/mol. The Hall–Kier alpha value is -1.52. The zero-order valence-electron chi connectivity index (χ0n) is 12.3. The fourth-order valence-corrected chi connectivity index (χ4v) is 3.42. The van der Waals surface area contributed by atoms with Gasteiger partial charge in [0.15, 0.2) is 0 Å². The number of carbonyl (C=O) groups is 1.